The van der Waals surface area contributed by atoms with E-state index in [0.29, 0.717) is 29.2 Å². The SMILES string of the molecule is Fc1cc(NC2=NCCCO2)cc(F)c1Oc1ccnc2[nH]cc(Cl)c12. The molecule has 4 rings (SSSR count). The van der Waals surface area contributed by atoms with Crippen LogP contribution in [0.4, 0.5) is 14.5 Å². The van der Waals surface area contributed by atoms with Gasteiger partial charge in [-0.05, 0) is 6.07 Å². The number of anilines is 1. The van der Waals surface area contributed by atoms with Gasteiger partial charge in [0, 0.05) is 43.2 Å². The second kappa shape index (κ2) is 6.80. The number of aliphatic imine (C=N–C) groups is 1. The number of H-pyrrole nitrogens is 1. The summed E-state index contributed by atoms with van der Waals surface area (Å²) in [6.45, 7) is 1.11. The maximum absolute atomic E-state index is 14.4. The Morgan fingerprint density at radius 2 is 2.08 bits per heavy atom. The lowest BCUT2D eigenvalue weighted by Crippen LogP contribution is -2.21. The number of aromatic nitrogens is 2. The normalized spacial score (nSPS) is 14.0. The van der Waals surface area contributed by atoms with E-state index < -0.39 is 17.4 Å². The second-order valence-electron chi connectivity index (χ2n) is 5.55. The number of rotatable bonds is 3. The Kier molecular flexibility index (Phi) is 4.34. The molecular weight excluding hydrogens is 366 g/mol. The van der Waals surface area contributed by atoms with E-state index in [-0.39, 0.29) is 17.5 Å². The predicted molar refractivity (Wildman–Crippen MR) is 94.0 cm³/mol. The Balaban J connectivity index is 1.64. The van der Waals surface area contributed by atoms with Crippen LogP contribution in [0.2, 0.25) is 5.02 Å². The molecule has 3 heterocycles. The highest BCUT2D eigenvalue weighted by molar-refractivity contribution is 6.36. The topological polar surface area (TPSA) is 71.5 Å². The van der Waals surface area contributed by atoms with E-state index >= 15 is 0 Å². The summed E-state index contributed by atoms with van der Waals surface area (Å²) >= 11 is 6.08. The summed E-state index contributed by atoms with van der Waals surface area (Å²) in [4.78, 5) is 11.0. The van der Waals surface area contributed by atoms with Crippen molar-refractivity contribution in [2.75, 3.05) is 18.5 Å². The van der Waals surface area contributed by atoms with Crippen LogP contribution in [0.25, 0.3) is 11.0 Å². The van der Waals surface area contributed by atoms with Crippen molar-refractivity contribution < 1.29 is 18.3 Å². The van der Waals surface area contributed by atoms with E-state index in [4.69, 9.17) is 21.1 Å². The molecule has 134 valence electrons. The van der Waals surface area contributed by atoms with Crippen molar-refractivity contribution in [3.63, 3.8) is 0 Å². The summed E-state index contributed by atoms with van der Waals surface area (Å²) in [6.07, 6.45) is 3.79. The van der Waals surface area contributed by atoms with Gasteiger partial charge in [0.15, 0.2) is 17.4 Å². The number of nitrogens with zero attached hydrogens (tertiary/aromatic N) is 2. The van der Waals surface area contributed by atoms with Crippen molar-refractivity contribution in [2.24, 2.45) is 4.99 Å². The van der Waals surface area contributed by atoms with Crippen molar-refractivity contribution in [2.45, 2.75) is 6.42 Å². The monoisotopic (exact) mass is 378 g/mol. The minimum absolute atomic E-state index is 0.174. The molecule has 3 aromatic rings. The maximum atomic E-state index is 14.4. The van der Waals surface area contributed by atoms with Gasteiger partial charge in [0.1, 0.15) is 11.4 Å². The second-order valence-corrected chi connectivity index (χ2v) is 5.96. The lowest BCUT2D eigenvalue weighted by molar-refractivity contribution is 0.282. The molecule has 1 aliphatic heterocycles. The van der Waals surface area contributed by atoms with Crippen LogP contribution in [0, 0.1) is 11.6 Å². The highest BCUT2D eigenvalue weighted by atomic mass is 35.5. The molecule has 0 amide bonds. The van der Waals surface area contributed by atoms with E-state index in [1.807, 2.05) is 0 Å². The minimum atomic E-state index is -0.875. The summed E-state index contributed by atoms with van der Waals surface area (Å²) in [5.74, 6) is -2.09. The first kappa shape index (κ1) is 16.6. The molecule has 0 aliphatic carbocycles. The van der Waals surface area contributed by atoms with Gasteiger partial charge in [-0.3, -0.25) is 0 Å². The lowest BCUT2D eigenvalue weighted by atomic mass is 10.2. The molecule has 0 saturated heterocycles. The highest BCUT2D eigenvalue weighted by Gasteiger charge is 2.18. The quantitative estimate of drug-likeness (QED) is 0.705. The zero-order valence-electron chi connectivity index (χ0n) is 13.4. The van der Waals surface area contributed by atoms with Crippen LogP contribution in [0.3, 0.4) is 0 Å². The van der Waals surface area contributed by atoms with Gasteiger partial charge in [0.2, 0.25) is 0 Å². The molecular formula is C17H13ClF2N4O2. The van der Waals surface area contributed by atoms with Crippen LogP contribution in [0.5, 0.6) is 11.5 Å². The maximum Gasteiger partial charge on any atom is 0.289 e. The molecule has 0 unspecified atom stereocenters. The zero-order valence-corrected chi connectivity index (χ0v) is 14.1. The first-order valence-electron chi connectivity index (χ1n) is 7.84. The van der Waals surface area contributed by atoms with Crippen LogP contribution < -0.4 is 10.1 Å². The molecule has 6 nitrogen and oxygen atoms in total. The Morgan fingerprint density at radius 1 is 1.27 bits per heavy atom. The third-order valence-electron chi connectivity index (χ3n) is 3.75. The molecule has 9 heteroatoms. The summed E-state index contributed by atoms with van der Waals surface area (Å²) in [6, 6.07) is 3.93. The van der Waals surface area contributed by atoms with Gasteiger partial charge in [0.05, 0.1) is 17.0 Å². The van der Waals surface area contributed by atoms with Gasteiger partial charge < -0.3 is 19.8 Å². The molecule has 0 fully saturated rings. The van der Waals surface area contributed by atoms with Crippen LogP contribution in [0.1, 0.15) is 6.42 Å². The van der Waals surface area contributed by atoms with E-state index in [1.54, 1.807) is 0 Å². The number of pyridine rings is 1. The fraction of sp³-hybridized carbons (Fsp3) is 0.176. The van der Waals surface area contributed by atoms with Crippen molar-refractivity contribution in [1.29, 1.82) is 0 Å². The molecule has 26 heavy (non-hydrogen) atoms. The number of ether oxygens (including phenoxy) is 2. The van der Waals surface area contributed by atoms with Gasteiger partial charge in [-0.1, -0.05) is 11.6 Å². The standard InChI is InChI=1S/C17H13ClF2N4O2/c18-10-8-23-16-14(10)13(2-4-21-16)26-15-11(19)6-9(7-12(15)20)24-17-22-3-1-5-25-17/h2,4,6-8H,1,3,5H2,(H,21,23)(H,22,24). The number of fused-ring (bicyclic) bond motifs is 1. The van der Waals surface area contributed by atoms with E-state index in [2.05, 4.69) is 20.3 Å². The molecule has 0 saturated carbocycles. The third kappa shape index (κ3) is 3.15. The van der Waals surface area contributed by atoms with Crippen LogP contribution in [-0.2, 0) is 4.74 Å². The van der Waals surface area contributed by atoms with Crippen molar-refractivity contribution in [3.8, 4) is 11.5 Å². The number of aromatic amines is 1. The average Bonchev–Trinajstić information content (AvgIpc) is 3.01. The van der Waals surface area contributed by atoms with Crippen LogP contribution in [0.15, 0.2) is 35.6 Å². The number of halogens is 3. The Morgan fingerprint density at radius 3 is 2.81 bits per heavy atom. The average molecular weight is 379 g/mol. The number of hydrogen-bond donors (Lipinski definition) is 2. The summed E-state index contributed by atoms with van der Waals surface area (Å²) in [5, 5.41) is 3.53. The summed E-state index contributed by atoms with van der Waals surface area (Å²) < 4.78 is 39.6. The van der Waals surface area contributed by atoms with Gasteiger partial charge in [-0.15, -0.1) is 0 Å². The van der Waals surface area contributed by atoms with E-state index in [1.165, 1.54) is 18.5 Å². The number of nitrogens with one attached hydrogen (secondary N) is 2. The predicted octanol–water partition coefficient (Wildman–Crippen LogP) is 4.48. The van der Waals surface area contributed by atoms with Crippen molar-refractivity contribution in [1.82, 2.24) is 9.97 Å². The van der Waals surface area contributed by atoms with Gasteiger partial charge in [-0.25, -0.2) is 18.8 Å². The molecule has 2 aromatic heterocycles. The minimum Gasteiger partial charge on any atom is -0.465 e. The third-order valence-corrected chi connectivity index (χ3v) is 4.04. The highest BCUT2D eigenvalue weighted by Crippen LogP contribution is 2.36. The molecule has 0 atom stereocenters. The Labute approximate surface area is 151 Å². The van der Waals surface area contributed by atoms with Gasteiger partial charge >= 0.3 is 0 Å². The fourth-order valence-corrected chi connectivity index (χ4v) is 2.81. The van der Waals surface area contributed by atoms with Gasteiger partial charge in [-0.2, -0.15) is 0 Å². The molecule has 1 aromatic carbocycles. The Hall–Kier alpha value is -2.87. The largest absolute Gasteiger partial charge is 0.465 e. The van der Waals surface area contributed by atoms with Crippen molar-refractivity contribution >= 4 is 34.3 Å². The first-order chi connectivity index (χ1) is 12.6. The Bertz CT molecular complexity index is 983. The molecule has 2 N–H and O–H groups in total. The van der Waals surface area contributed by atoms with E-state index in [9.17, 15) is 8.78 Å². The lowest BCUT2D eigenvalue weighted by Gasteiger charge is -2.16. The molecule has 0 radical (unpaired) electrons. The number of benzene rings is 1. The van der Waals surface area contributed by atoms with Crippen LogP contribution in [-0.4, -0.2) is 29.1 Å². The zero-order chi connectivity index (χ0) is 18.1. The summed E-state index contributed by atoms with van der Waals surface area (Å²) in [7, 11) is 0. The molecule has 0 spiro atoms. The van der Waals surface area contributed by atoms with E-state index in [0.717, 1.165) is 18.6 Å². The molecule has 1 aliphatic rings. The van der Waals surface area contributed by atoms with Crippen LogP contribution >= 0.6 is 11.6 Å². The molecule has 0 bridgehead atoms. The van der Waals surface area contributed by atoms with Gasteiger partial charge in [0.25, 0.3) is 6.02 Å². The number of amidine groups is 1. The first-order valence-corrected chi connectivity index (χ1v) is 8.22. The van der Waals surface area contributed by atoms with Crippen molar-refractivity contribution in [3.05, 3.63) is 47.2 Å². The summed E-state index contributed by atoms with van der Waals surface area (Å²) in [5.41, 5.74) is 0.631. The fourth-order valence-electron chi connectivity index (χ4n) is 2.57. The smallest absolute Gasteiger partial charge is 0.289 e. The number of hydrogen-bond acceptors (Lipinski definition) is 5.